The SMILES string of the molecule is NCCCC[C@H](NC(=O)N=Nc1ccc(C(=O)O)c(C2=C3C=CC(O)C=C3Oc3cc(O)ccc32)c1)C(=O)O. The van der Waals surface area contributed by atoms with Gasteiger partial charge in [-0.15, -0.1) is 5.11 Å². The molecular weight excluding hydrogens is 508 g/mol. The first-order chi connectivity index (χ1) is 18.7. The maximum absolute atomic E-state index is 12.3. The van der Waals surface area contributed by atoms with Gasteiger partial charge in [-0.2, -0.15) is 0 Å². The van der Waals surface area contributed by atoms with E-state index in [2.05, 4.69) is 15.5 Å². The molecule has 2 aromatic rings. The number of aromatic carboxylic acids is 1. The Balaban J connectivity index is 1.72. The summed E-state index contributed by atoms with van der Waals surface area (Å²) in [5, 5.41) is 49.1. The van der Waals surface area contributed by atoms with Crippen LogP contribution >= 0.6 is 0 Å². The van der Waals surface area contributed by atoms with Crippen LogP contribution < -0.4 is 15.8 Å². The molecule has 0 radical (unpaired) electrons. The molecule has 4 rings (SSSR count). The van der Waals surface area contributed by atoms with Crippen LogP contribution in [0.4, 0.5) is 10.5 Å². The van der Waals surface area contributed by atoms with Gasteiger partial charge in [0.1, 0.15) is 23.3 Å². The van der Waals surface area contributed by atoms with Crippen molar-refractivity contribution in [2.75, 3.05) is 6.54 Å². The van der Waals surface area contributed by atoms with Gasteiger partial charge in [0.05, 0.1) is 17.4 Å². The number of rotatable bonds is 9. The van der Waals surface area contributed by atoms with Crippen molar-refractivity contribution in [3.8, 4) is 11.5 Å². The second-order valence-corrected chi connectivity index (χ2v) is 8.81. The number of fused-ring (bicyclic) bond motifs is 2. The molecule has 0 saturated carbocycles. The van der Waals surface area contributed by atoms with E-state index in [4.69, 9.17) is 10.5 Å². The van der Waals surface area contributed by atoms with Crippen molar-refractivity contribution in [2.24, 2.45) is 16.0 Å². The first-order valence-corrected chi connectivity index (χ1v) is 12.0. The number of azo groups is 1. The zero-order chi connectivity index (χ0) is 28.1. The van der Waals surface area contributed by atoms with Crippen LogP contribution in [-0.2, 0) is 4.79 Å². The topological polar surface area (TPSA) is 204 Å². The van der Waals surface area contributed by atoms with Crippen LogP contribution in [0.5, 0.6) is 11.5 Å². The standard InChI is InChI=1S/C27H26N4O8/c28-10-2-1-3-21(26(36)37)29-27(38)31-30-14-4-7-17(25(34)35)20(11-14)24-18-8-5-15(32)12-22(18)39-23-13-16(33)6-9-19(23)24/h4-9,11-13,15,21,32-33H,1-3,10,28H2,(H,29,38)(H,34,35)(H,36,37)/t15?,21-/m0/s1. The zero-order valence-electron chi connectivity index (χ0n) is 20.6. The first-order valence-electron chi connectivity index (χ1n) is 12.0. The Morgan fingerprint density at radius 3 is 2.59 bits per heavy atom. The lowest BCUT2D eigenvalue weighted by Gasteiger charge is -2.28. The Morgan fingerprint density at radius 2 is 1.87 bits per heavy atom. The smallest absolute Gasteiger partial charge is 0.360 e. The number of nitrogens with two attached hydrogens (primary N) is 1. The summed E-state index contributed by atoms with van der Waals surface area (Å²) >= 11 is 0. The van der Waals surface area contributed by atoms with Gasteiger partial charge >= 0.3 is 18.0 Å². The molecule has 1 aliphatic carbocycles. The number of nitrogens with one attached hydrogen (secondary N) is 1. The van der Waals surface area contributed by atoms with Gasteiger partial charge in [0.15, 0.2) is 0 Å². The van der Waals surface area contributed by atoms with Crippen LogP contribution in [0.15, 0.2) is 76.2 Å². The average Bonchev–Trinajstić information content (AvgIpc) is 2.89. The molecule has 2 amide bonds. The van der Waals surface area contributed by atoms with Crippen molar-refractivity contribution in [2.45, 2.75) is 31.4 Å². The van der Waals surface area contributed by atoms with Crippen LogP contribution in [0.25, 0.3) is 5.57 Å². The number of urea groups is 1. The number of aliphatic hydroxyl groups excluding tert-OH is 1. The number of carboxylic acids is 2. The number of carbonyl (C=O) groups is 3. The molecule has 7 N–H and O–H groups in total. The number of carboxylic acid groups (broad SMARTS) is 2. The Labute approximate surface area is 222 Å². The summed E-state index contributed by atoms with van der Waals surface area (Å²) < 4.78 is 5.87. The number of phenolic OH excluding ortho intramolecular Hbond substituents is 1. The lowest BCUT2D eigenvalue weighted by Crippen LogP contribution is -2.39. The number of aliphatic hydroxyl groups is 1. The molecule has 12 heteroatoms. The van der Waals surface area contributed by atoms with Gasteiger partial charge in [0.25, 0.3) is 0 Å². The summed E-state index contributed by atoms with van der Waals surface area (Å²) in [4.78, 5) is 35.9. The van der Waals surface area contributed by atoms with Crippen LogP contribution in [0.3, 0.4) is 0 Å². The number of unbranched alkanes of at least 4 members (excludes halogenated alkanes) is 1. The third kappa shape index (κ3) is 6.20. The molecule has 12 nitrogen and oxygen atoms in total. The van der Waals surface area contributed by atoms with Gasteiger partial charge in [-0.05, 0) is 67.8 Å². The van der Waals surface area contributed by atoms with Crippen molar-refractivity contribution >= 4 is 29.2 Å². The summed E-state index contributed by atoms with van der Waals surface area (Å²) in [5.74, 6) is -1.98. The molecule has 2 aromatic carbocycles. The summed E-state index contributed by atoms with van der Waals surface area (Å²) in [6, 6.07) is 6.35. The van der Waals surface area contributed by atoms with Gasteiger partial charge in [-0.3, -0.25) is 0 Å². The summed E-state index contributed by atoms with van der Waals surface area (Å²) in [5.41, 5.74) is 7.13. The highest BCUT2D eigenvalue weighted by Crippen LogP contribution is 2.45. The molecule has 0 aromatic heterocycles. The number of ether oxygens (including phenoxy) is 1. The lowest BCUT2D eigenvalue weighted by molar-refractivity contribution is -0.139. The number of allylic oxidation sites excluding steroid dienone is 1. The normalized spacial score (nSPS) is 16.7. The second-order valence-electron chi connectivity index (χ2n) is 8.81. The highest BCUT2D eigenvalue weighted by Gasteiger charge is 2.29. The number of carbonyl (C=O) groups excluding carboxylic acids is 1. The molecule has 0 spiro atoms. The number of benzene rings is 2. The minimum absolute atomic E-state index is 0.0706. The van der Waals surface area contributed by atoms with Crippen LogP contribution in [0, 0.1) is 0 Å². The number of hydrogen-bond acceptors (Lipinski definition) is 8. The number of hydrogen-bond donors (Lipinski definition) is 6. The van der Waals surface area contributed by atoms with Crippen LogP contribution in [0.2, 0.25) is 0 Å². The van der Waals surface area contributed by atoms with E-state index in [1.807, 2.05) is 0 Å². The third-order valence-corrected chi connectivity index (χ3v) is 6.07. The van der Waals surface area contributed by atoms with Crippen molar-refractivity contribution in [3.05, 3.63) is 82.6 Å². The van der Waals surface area contributed by atoms with E-state index in [-0.39, 0.29) is 40.5 Å². The minimum atomic E-state index is -1.22. The summed E-state index contributed by atoms with van der Waals surface area (Å²) in [7, 11) is 0. The zero-order valence-corrected chi connectivity index (χ0v) is 20.6. The minimum Gasteiger partial charge on any atom is -0.508 e. The predicted octanol–water partition coefficient (Wildman–Crippen LogP) is 3.47. The van der Waals surface area contributed by atoms with E-state index in [1.54, 1.807) is 12.1 Å². The van der Waals surface area contributed by atoms with E-state index < -0.39 is 30.1 Å². The van der Waals surface area contributed by atoms with Gasteiger partial charge in [0, 0.05) is 22.8 Å². The third-order valence-electron chi connectivity index (χ3n) is 6.07. The fraction of sp³-hybridized carbons (Fsp3) is 0.222. The van der Waals surface area contributed by atoms with Crippen molar-refractivity contribution < 1.29 is 39.5 Å². The van der Waals surface area contributed by atoms with Crippen LogP contribution in [0.1, 0.15) is 40.7 Å². The number of aliphatic carboxylic acids is 1. The highest BCUT2D eigenvalue weighted by atomic mass is 16.5. The fourth-order valence-corrected chi connectivity index (χ4v) is 4.25. The lowest BCUT2D eigenvalue weighted by atomic mass is 9.85. The summed E-state index contributed by atoms with van der Waals surface area (Å²) in [6.45, 7) is 0.401. The van der Waals surface area contributed by atoms with E-state index in [1.165, 1.54) is 42.5 Å². The first kappa shape index (κ1) is 27.2. The molecule has 202 valence electrons. The van der Waals surface area contributed by atoms with Crippen molar-refractivity contribution in [3.63, 3.8) is 0 Å². The Hall–Kier alpha value is -4.81. The van der Waals surface area contributed by atoms with E-state index >= 15 is 0 Å². The van der Waals surface area contributed by atoms with Crippen molar-refractivity contribution in [1.29, 1.82) is 0 Å². The molecular formula is C27H26N4O8. The maximum Gasteiger partial charge on any atom is 0.360 e. The van der Waals surface area contributed by atoms with Gasteiger partial charge in [0.2, 0.25) is 0 Å². The quantitative estimate of drug-likeness (QED) is 0.205. The van der Waals surface area contributed by atoms with E-state index in [0.717, 1.165) is 0 Å². The molecule has 2 aliphatic rings. The Morgan fingerprint density at radius 1 is 1.08 bits per heavy atom. The molecule has 1 aliphatic heterocycles. The maximum atomic E-state index is 12.3. The number of phenols is 1. The molecule has 1 heterocycles. The Bertz CT molecular complexity index is 1440. The predicted molar refractivity (Wildman–Crippen MR) is 139 cm³/mol. The van der Waals surface area contributed by atoms with Gasteiger partial charge < -0.3 is 36.2 Å². The van der Waals surface area contributed by atoms with Gasteiger partial charge in [-0.25, -0.2) is 14.4 Å². The largest absolute Gasteiger partial charge is 0.508 e. The monoisotopic (exact) mass is 534 g/mol. The van der Waals surface area contributed by atoms with E-state index in [9.17, 15) is 34.8 Å². The van der Waals surface area contributed by atoms with Crippen molar-refractivity contribution in [1.82, 2.24) is 5.32 Å². The van der Waals surface area contributed by atoms with Crippen LogP contribution in [-0.4, -0.2) is 57.1 Å². The van der Waals surface area contributed by atoms with Gasteiger partial charge in [-0.1, -0.05) is 17.3 Å². The average molecular weight is 535 g/mol. The Kier molecular flexibility index (Phi) is 8.18. The number of nitrogens with zero attached hydrogens (tertiary/aromatic N) is 2. The van der Waals surface area contributed by atoms with E-state index in [0.29, 0.717) is 36.1 Å². The molecule has 0 bridgehead atoms. The molecule has 39 heavy (non-hydrogen) atoms. The summed E-state index contributed by atoms with van der Waals surface area (Å²) in [6.07, 6.45) is 4.93. The molecule has 2 atom stereocenters. The highest BCUT2D eigenvalue weighted by molar-refractivity contribution is 6.01. The number of aromatic hydroxyl groups is 1. The number of amides is 2. The molecule has 1 unspecified atom stereocenters. The molecule has 0 fully saturated rings. The molecule has 0 saturated heterocycles. The second kappa shape index (κ2) is 11.7. The fourth-order valence-electron chi connectivity index (χ4n) is 4.25.